The number of aromatic nitrogens is 4. The summed E-state index contributed by atoms with van der Waals surface area (Å²) < 4.78 is 0. The number of fused-ring (bicyclic) bond motifs is 1. The zero-order valence-electron chi connectivity index (χ0n) is 11.6. The largest absolute Gasteiger partial charge is 0.368 e. The second kappa shape index (κ2) is 4.86. The Kier molecular flexibility index (Phi) is 3.02. The third-order valence-corrected chi connectivity index (χ3v) is 2.94. The molecule has 1 amide bonds. The van der Waals surface area contributed by atoms with Crippen LogP contribution in [0, 0.1) is 6.92 Å². The van der Waals surface area contributed by atoms with E-state index in [0.29, 0.717) is 5.95 Å². The lowest BCUT2D eigenvalue weighted by Crippen LogP contribution is -2.06. The number of aryl methyl sites for hydroxylation is 1. The van der Waals surface area contributed by atoms with Gasteiger partial charge >= 0.3 is 0 Å². The molecular weight excluding hydrogens is 268 g/mol. The van der Waals surface area contributed by atoms with Gasteiger partial charge in [0.25, 0.3) is 0 Å². The molecule has 2 heterocycles. The summed E-state index contributed by atoms with van der Waals surface area (Å²) in [7, 11) is 0. The van der Waals surface area contributed by atoms with Crippen LogP contribution < -0.4 is 11.1 Å². The number of carbonyl (C=O) groups is 1. The molecule has 7 heteroatoms. The average molecular weight is 282 g/mol. The van der Waals surface area contributed by atoms with Crippen molar-refractivity contribution in [2.75, 3.05) is 11.1 Å². The molecule has 0 aliphatic rings. The highest BCUT2D eigenvalue weighted by atomic mass is 16.1. The van der Waals surface area contributed by atoms with Gasteiger partial charge in [-0.3, -0.25) is 10.1 Å². The van der Waals surface area contributed by atoms with E-state index < -0.39 is 0 Å². The standard InChI is InChI=1S/C14H14N6O/c1-7-5-11(18-13(15)16-7)9-3-4-10-12(6-9)20-14(19-10)17-8(2)21/h3-6H,1-2H3,(H2,15,16,18)(H2,17,19,20,21). The number of nitrogens with zero attached hydrogens (tertiary/aromatic N) is 3. The lowest BCUT2D eigenvalue weighted by atomic mass is 10.1. The van der Waals surface area contributed by atoms with Gasteiger partial charge < -0.3 is 10.7 Å². The molecule has 0 aliphatic carbocycles. The predicted octanol–water partition coefficient (Wildman–Crippen LogP) is 1.87. The van der Waals surface area contributed by atoms with Crippen LogP contribution in [0.25, 0.3) is 22.3 Å². The van der Waals surface area contributed by atoms with Crippen LogP contribution >= 0.6 is 0 Å². The summed E-state index contributed by atoms with van der Waals surface area (Å²) in [4.78, 5) is 26.7. The van der Waals surface area contributed by atoms with Gasteiger partial charge in [0.1, 0.15) is 0 Å². The monoisotopic (exact) mass is 282 g/mol. The first-order chi connectivity index (χ1) is 10.0. The van der Waals surface area contributed by atoms with E-state index in [0.717, 1.165) is 28.0 Å². The fourth-order valence-electron chi connectivity index (χ4n) is 2.13. The SMILES string of the molecule is CC(=O)Nc1nc2ccc(-c3cc(C)nc(N)n3)cc2[nH]1. The molecule has 0 spiro atoms. The molecule has 0 aliphatic heterocycles. The number of hydrogen-bond donors (Lipinski definition) is 3. The maximum absolute atomic E-state index is 11.1. The van der Waals surface area contributed by atoms with Gasteiger partial charge in [0.15, 0.2) is 0 Å². The van der Waals surface area contributed by atoms with Gasteiger partial charge in [-0.05, 0) is 25.1 Å². The molecule has 0 saturated heterocycles. The third kappa shape index (κ3) is 2.66. The smallest absolute Gasteiger partial charge is 0.223 e. The molecule has 4 N–H and O–H groups in total. The van der Waals surface area contributed by atoms with E-state index in [1.807, 2.05) is 31.2 Å². The molecule has 1 aromatic carbocycles. The van der Waals surface area contributed by atoms with E-state index in [1.165, 1.54) is 6.92 Å². The molecule has 0 bridgehead atoms. The van der Waals surface area contributed by atoms with Crippen LogP contribution in [0.15, 0.2) is 24.3 Å². The molecular formula is C14H14N6O. The fourth-order valence-corrected chi connectivity index (χ4v) is 2.13. The summed E-state index contributed by atoms with van der Waals surface area (Å²) in [5, 5.41) is 2.62. The maximum atomic E-state index is 11.1. The molecule has 106 valence electrons. The molecule has 2 aromatic heterocycles. The highest BCUT2D eigenvalue weighted by Crippen LogP contribution is 2.23. The topological polar surface area (TPSA) is 110 Å². The second-order valence-corrected chi connectivity index (χ2v) is 4.75. The van der Waals surface area contributed by atoms with Crippen LogP contribution in [0.1, 0.15) is 12.6 Å². The number of amides is 1. The lowest BCUT2D eigenvalue weighted by molar-refractivity contribution is -0.114. The van der Waals surface area contributed by atoms with Crippen molar-refractivity contribution in [1.29, 1.82) is 0 Å². The van der Waals surface area contributed by atoms with Crippen molar-refractivity contribution in [1.82, 2.24) is 19.9 Å². The minimum absolute atomic E-state index is 0.173. The number of aromatic amines is 1. The minimum atomic E-state index is -0.173. The van der Waals surface area contributed by atoms with Gasteiger partial charge in [-0.1, -0.05) is 6.07 Å². The highest BCUT2D eigenvalue weighted by Gasteiger charge is 2.08. The number of nitrogen functional groups attached to an aromatic ring is 1. The van der Waals surface area contributed by atoms with Gasteiger partial charge in [0.05, 0.1) is 16.7 Å². The number of carbonyl (C=O) groups excluding carboxylic acids is 1. The molecule has 7 nitrogen and oxygen atoms in total. The second-order valence-electron chi connectivity index (χ2n) is 4.75. The first-order valence-electron chi connectivity index (χ1n) is 6.40. The van der Waals surface area contributed by atoms with Crippen LogP contribution in [0.3, 0.4) is 0 Å². The third-order valence-electron chi connectivity index (χ3n) is 2.94. The Balaban J connectivity index is 2.05. The van der Waals surface area contributed by atoms with Crippen molar-refractivity contribution < 1.29 is 4.79 Å². The molecule has 0 unspecified atom stereocenters. The summed E-state index contributed by atoms with van der Waals surface area (Å²) in [6.45, 7) is 3.30. The zero-order chi connectivity index (χ0) is 15.0. The Morgan fingerprint density at radius 3 is 2.76 bits per heavy atom. The summed E-state index contributed by atoms with van der Waals surface area (Å²) in [6, 6.07) is 7.54. The predicted molar refractivity (Wildman–Crippen MR) is 80.6 cm³/mol. The van der Waals surface area contributed by atoms with Crippen molar-refractivity contribution in [2.45, 2.75) is 13.8 Å². The highest BCUT2D eigenvalue weighted by molar-refractivity contribution is 5.90. The number of rotatable bonds is 2. The van der Waals surface area contributed by atoms with Gasteiger partial charge in [0, 0.05) is 18.2 Å². The number of H-pyrrole nitrogens is 1. The minimum Gasteiger partial charge on any atom is -0.368 e. The summed E-state index contributed by atoms with van der Waals surface area (Å²) in [6.07, 6.45) is 0. The first-order valence-corrected chi connectivity index (χ1v) is 6.40. The Hall–Kier alpha value is -2.96. The van der Waals surface area contributed by atoms with Gasteiger partial charge in [-0.2, -0.15) is 0 Å². The summed E-state index contributed by atoms with van der Waals surface area (Å²) in [5.74, 6) is 0.496. The fraction of sp³-hybridized carbons (Fsp3) is 0.143. The van der Waals surface area contributed by atoms with Crippen molar-refractivity contribution in [3.8, 4) is 11.3 Å². The Morgan fingerprint density at radius 1 is 1.24 bits per heavy atom. The molecule has 3 aromatic rings. The number of benzene rings is 1. The molecule has 0 saturated carbocycles. The number of nitrogens with one attached hydrogen (secondary N) is 2. The van der Waals surface area contributed by atoms with E-state index in [-0.39, 0.29) is 11.9 Å². The van der Waals surface area contributed by atoms with Crippen LogP contribution in [0.4, 0.5) is 11.9 Å². The van der Waals surface area contributed by atoms with Gasteiger partial charge in [-0.25, -0.2) is 15.0 Å². The molecule has 0 fully saturated rings. The average Bonchev–Trinajstić information content (AvgIpc) is 2.77. The maximum Gasteiger partial charge on any atom is 0.223 e. The number of nitrogens with two attached hydrogens (primary N) is 1. The lowest BCUT2D eigenvalue weighted by Gasteiger charge is -2.03. The summed E-state index contributed by atoms with van der Waals surface area (Å²) >= 11 is 0. The van der Waals surface area contributed by atoms with E-state index in [2.05, 4.69) is 25.3 Å². The van der Waals surface area contributed by atoms with Crippen molar-refractivity contribution in [3.63, 3.8) is 0 Å². The van der Waals surface area contributed by atoms with Crippen LogP contribution in [-0.4, -0.2) is 25.8 Å². The number of hydrogen-bond acceptors (Lipinski definition) is 5. The quantitative estimate of drug-likeness (QED) is 0.664. The van der Waals surface area contributed by atoms with Gasteiger partial charge in [-0.15, -0.1) is 0 Å². The van der Waals surface area contributed by atoms with Crippen LogP contribution in [-0.2, 0) is 4.79 Å². The number of imidazole rings is 1. The Labute approximate surface area is 120 Å². The van der Waals surface area contributed by atoms with Crippen molar-refractivity contribution in [2.24, 2.45) is 0 Å². The van der Waals surface area contributed by atoms with E-state index in [1.54, 1.807) is 0 Å². The van der Waals surface area contributed by atoms with Crippen LogP contribution in [0.2, 0.25) is 0 Å². The Bertz CT molecular complexity index is 818. The van der Waals surface area contributed by atoms with Gasteiger partial charge in [0.2, 0.25) is 17.8 Å². The summed E-state index contributed by atoms with van der Waals surface area (Å²) in [5.41, 5.74) is 9.71. The number of anilines is 2. The van der Waals surface area contributed by atoms with E-state index in [4.69, 9.17) is 5.73 Å². The van der Waals surface area contributed by atoms with Crippen LogP contribution in [0.5, 0.6) is 0 Å². The first kappa shape index (κ1) is 13.0. The normalized spacial score (nSPS) is 10.8. The van der Waals surface area contributed by atoms with E-state index in [9.17, 15) is 4.79 Å². The van der Waals surface area contributed by atoms with E-state index >= 15 is 0 Å². The molecule has 3 rings (SSSR count). The molecule has 0 atom stereocenters. The zero-order valence-corrected chi connectivity index (χ0v) is 11.6. The molecule has 21 heavy (non-hydrogen) atoms. The van der Waals surface area contributed by atoms with Crippen molar-refractivity contribution >= 4 is 28.8 Å². The Morgan fingerprint density at radius 2 is 2.05 bits per heavy atom. The molecule has 0 radical (unpaired) electrons. The van der Waals surface area contributed by atoms with Crippen molar-refractivity contribution in [3.05, 3.63) is 30.0 Å².